The Bertz CT molecular complexity index is 502. The van der Waals surface area contributed by atoms with E-state index in [2.05, 4.69) is 25.4 Å². The van der Waals surface area contributed by atoms with Crippen LogP contribution < -0.4 is 5.73 Å². The quantitative estimate of drug-likeness (QED) is 0.626. The Morgan fingerprint density at radius 3 is 2.94 bits per heavy atom. The van der Waals surface area contributed by atoms with Crippen molar-refractivity contribution in [2.24, 2.45) is 0 Å². The van der Waals surface area contributed by atoms with Crippen LogP contribution in [0.25, 0.3) is 11.5 Å². The van der Waals surface area contributed by atoms with Crippen molar-refractivity contribution < 1.29 is 9.53 Å². The molecule has 0 aromatic carbocycles. The molecule has 16 heavy (non-hydrogen) atoms. The van der Waals surface area contributed by atoms with Crippen LogP contribution in [-0.4, -0.2) is 38.0 Å². The molecule has 2 aromatic rings. The van der Waals surface area contributed by atoms with E-state index in [1.54, 1.807) is 13.0 Å². The molecule has 4 N–H and O–H groups in total. The number of rotatable bonds is 3. The molecule has 8 nitrogen and oxygen atoms in total. The maximum atomic E-state index is 11.3. The Morgan fingerprint density at radius 2 is 2.31 bits per heavy atom. The van der Waals surface area contributed by atoms with Crippen molar-refractivity contribution in [3.05, 3.63) is 11.9 Å². The number of carbonyl (C=O) groups excluding carboxylic acids is 1. The molecular weight excluding hydrogens is 212 g/mol. The summed E-state index contributed by atoms with van der Waals surface area (Å²) in [5.74, 6) is 0.142. The van der Waals surface area contributed by atoms with E-state index in [0.717, 1.165) is 0 Å². The summed E-state index contributed by atoms with van der Waals surface area (Å²) in [7, 11) is 0. The summed E-state index contributed by atoms with van der Waals surface area (Å²) < 4.78 is 4.76. The average Bonchev–Trinajstić information content (AvgIpc) is 2.85. The smallest absolute Gasteiger partial charge is 0.375 e. The molecule has 84 valence electrons. The summed E-state index contributed by atoms with van der Waals surface area (Å²) in [5.41, 5.74) is 5.96. The lowest BCUT2D eigenvalue weighted by atomic mass is 10.4. The molecule has 0 aliphatic carbocycles. The Labute approximate surface area is 90.2 Å². The molecule has 0 radical (unpaired) electrons. The van der Waals surface area contributed by atoms with E-state index in [-0.39, 0.29) is 12.4 Å². The Kier molecular flexibility index (Phi) is 2.54. The summed E-state index contributed by atoms with van der Waals surface area (Å²) >= 11 is 0. The van der Waals surface area contributed by atoms with Crippen LogP contribution in [0.5, 0.6) is 0 Å². The molecule has 2 rings (SSSR count). The molecule has 0 saturated carbocycles. The zero-order chi connectivity index (χ0) is 11.5. The third kappa shape index (κ3) is 1.85. The highest BCUT2D eigenvalue weighted by atomic mass is 16.5. The first-order valence-electron chi connectivity index (χ1n) is 4.61. The van der Waals surface area contributed by atoms with Crippen LogP contribution in [-0.2, 0) is 4.74 Å². The molecule has 0 atom stereocenters. The van der Waals surface area contributed by atoms with Gasteiger partial charge in [-0.15, -0.1) is 0 Å². The SMILES string of the molecule is CCOC(=O)c1nc(-c2cc(N)n[nH]2)n[nH]1. The van der Waals surface area contributed by atoms with Crippen molar-refractivity contribution in [1.82, 2.24) is 25.4 Å². The molecule has 2 aromatic heterocycles. The van der Waals surface area contributed by atoms with Gasteiger partial charge in [-0.3, -0.25) is 10.2 Å². The average molecular weight is 222 g/mol. The van der Waals surface area contributed by atoms with Crippen LogP contribution in [0, 0.1) is 0 Å². The summed E-state index contributed by atoms with van der Waals surface area (Å²) in [6.45, 7) is 2.00. The predicted octanol–water partition coefficient (Wildman–Crippen LogP) is -0.0463. The van der Waals surface area contributed by atoms with Crippen LogP contribution >= 0.6 is 0 Å². The predicted molar refractivity (Wildman–Crippen MR) is 54.3 cm³/mol. The highest BCUT2D eigenvalue weighted by Crippen LogP contribution is 2.13. The number of aromatic amines is 2. The third-order valence-electron chi connectivity index (χ3n) is 1.79. The van der Waals surface area contributed by atoms with E-state index in [1.165, 1.54) is 0 Å². The van der Waals surface area contributed by atoms with Crippen molar-refractivity contribution in [3.8, 4) is 11.5 Å². The Hall–Kier alpha value is -2.38. The van der Waals surface area contributed by atoms with E-state index < -0.39 is 5.97 Å². The minimum atomic E-state index is -0.547. The first-order chi connectivity index (χ1) is 7.70. The van der Waals surface area contributed by atoms with Gasteiger partial charge in [-0.2, -0.15) is 15.2 Å². The number of nitrogens with two attached hydrogens (primary N) is 1. The minimum absolute atomic E-state index is 0.0463. The van der Waals surface area contributed by atoms with E-state index >= 15 is 0 Å². The topological polar surface area (TPSA) is 123 Å². The van der Waals surface area contributed by atoms with E-state index in [4.69, 9.17) is 10.5 Å². The van der Waals surface area contributed by atoms with Crippen LogP contribution in [0.2, 0.25) is 0 Å². The molecule has 0 amide bonds. The van der Waals surface area contributed by atoms with Gasteiger partial charge in [0.05, 0.1) is 6.61 Å². The lowest BCUT2D eigenvalue weighted by Crippen LogP contribution is -2.06. The minimum Gasteiger partial charge on any atom is -0.460 e. The van der Waals surface area contributed by atoms with Crippen molar-refractivity contribution in [2.75, 3.05) is 12.3 Å². The maximum Gasteiger partial charge on any atom is 0.375 e. The molecule has 0 bridgehead atoms. The van der Waals surface area contributed by atoms with Crippen LogP contribution in [0.15, 0.2) is 6.07 Å². The number of nitrogens with zero attached hydrogens (tertiary/aromatic N) is 3. The maximum absolute atomic E-state index is 11.3. The van der Waals surface area contributed by atoms with Gasteiger partial charge in [0, 0.05) is 6.07 Å². The fourth-order valence-electron chi connectivity index (χ4n) is 1.12. The molecule has 0 aliphatic heterocycles. The van der Waals surface area contributed by atoms with Crippen molar-refractivity contribution in [1.29, 1.82) is 0 Å². The highest BCUT2D eigenvalue weighted by Gasteiger charge is 2.14. The van der Waals surface area contributed by atoms with Gasteiger partial charge >= 0.3 is 5.97 Å². The lowest BCUT2D eigenvalue weighted by Gasteiger charge is -1.94. The highest BCUT2D eigenvalue weighted by molar-refractivity contribution is 5.85. The van der Waals surface area contributed by atoms with Gasteiger partial charge in [-0.05, 0) is 6.92 Å². The van der Waals surface area contributed by atoms with E-state index in [1.807, 2.05) is 0 Å². The van der Waals surface area contributed by atoms with Crippen molar-refractivity contribution in [2.45, 2.75) is 6.92 Å². The molecule has 0 unspecified atom stereocenters. The number of hydrogen-bond donors (Lipinski definition) is 3. The summed E-state index contributed by atoms with van der Waals surface area (Å²) in [6.07, 6.45) is 0. The number of nitrogen functional groups attached to an aromatic ring is 1. The number of aromatic nitrogens is 5. The number of H-pyrrole nitrogens is 2. The van der Waals surface area contributed by atoms with Crippen molar-refractivity contribution >= 4 is 11.8 Å². The van der Waals surface area contributed by atoms with Gasteiger partial charge in [0.25, 0.3) is 0 Å². The van der Waals surface area contributed by atoms with E-state index in [0.29, 0.717) is 17.3 Å². The van der Waals surface area contributed by atoms with Gasteiger partial charge in [0.1, 0.15) is 11.5 Å². The van der Waals surface area contributed by atoms with Crippen molar-refractivity contribution in [3.63, 3.8) is 0 Å². The molecule has 0 saturated heterocycles. The van der Waals surface area contributed by atoms with Crippen LogP contribution in [0.4, 0.5) is 5.82 Å². The number of hydrogen-bond acceptors (Lipinski definition) is 6. The Morgan fingerprint density at radius 1 is 1.50 bits per heavy atom. The van der Waals surface area contributed by atoms with Gasteiger partial charge in [-0.1, -0.05) is 0 Å². The van der Waals surface area contributed by atoms with Gasteiger partial charge in [-0.25, -0.2) is 4.79 Å². The van der Waals surface area contributed by atoms with Crippen LogP contribution in [0.1, 0.15) is 17.5 Å². The first-order valence-corrected chi connectivity index (χ1v) is 4.61. The third-order valence-corrected chi connectivity index (χ3v) is 1.79. The number of anilines is 1. The van der Waals surface area contributed by atoms with Gasteiger partial charge in [0.2, 0.25) is 5.82 Å². The van der Waals surface area contributed by atoms with Crippen LogP contribution in [0.3, 0.4) is 0 Å². The number of carbonyl (C=O) groups is 1. The second-order valence-corrected chi connectivity index (χ2v) is 2.93. The second-order valence-electron chi connectivity index (χ2n) is 2.93. The van der Waals surface area contributed by atoms with Gasteiger partial charge < -0.3 is 10.5 Å². The fraction of sp³-hybridized carbons (Fsp3) is 0.250. The largest absolute Gasteiger partial charge is 0.460 e. The molecule has 2 heterocycles. The second kappa shape index (κ2) is 4.01. The summed E-state index contributed by atoms with van der Waals surface area (Å²) in [5, 5.41) is 12.7. The molecule has 8 heteroatoms. The Balaban J connectivity index is 2.22. The number of nitrogens with one attached hydrogen (secondary N) is 2. The molecule has 0 spiro atoms. The summed E-state index contributed by atoms with van der Waals surface area (Å²) in [4.78, 5) is 15.2. The molecule has 0 aliphatic rings. The lowest BCUT2D eigenvalue weighted by molar-refractivity contribution is 0.0512. The first kappa shape index (κ1) is 10.1. The van der Waals surface area contributed by atoms with Gasteiger partial charge in [0.15, 0.2) is 5.82 Å². The monoisotopic (exact) mass is 222 g/mol. The molecule has 0 fully saturated rings. The standard InChI is InChI=1S/C8H10N6O2/c1-2-16-8(15)7-10-6(13-14-7)4-3-5(9)12-11-4/h3H,2H2,1H3,(H3,9,11,12)(H,10,13,14). The number of esters is 1. The van der Waals surface area contributed by atoms with E-state index in [9.17, 15) is 4.79 Å². The zero-order valence-electron chi connectivity index (χ0n) is 8.52. The zero-order valence-corrected chi connectivity index (χ0v) is 8.52. The summed E-state index contributed by atoms with van der Waals surface area (Å²) in [6, 6.07) is 1.57. The molecular formula is C8H10N6O2. The normalized spacial score (nSPS) is 10.3. The number of ether oxygens (including phenoxy) is 1. The fourth-order valence-corrected chi connectivity index (χ4v) is 1.12.